The second-order valence-corrected chi connectivity index (χ2v) is 9.04. The first-order valence-electron chi connectivity index (χ1n) is 9.56. The Balaban J connectivity index is 1.40. The van der Waals surface area contributed by atoms with Crippen molar-refractivity contribution in [2.24, 2.45) is 0 Å². The summed E-state index contributed by atoms with van der Waals surface area (Å²) in [6.07, 6.45) is 1.78. The molecular formula is C19H23N7O3S. The number of nitrogens with one attached hydrogen (secondary N) is 1. The van der Waals surface area contributed by atoms with Gasteiger partial charge in [-0.05, 0) is 44.5 Å². The van der Waals surface area contributed by atoms with Gasteiger partial charge in [-0.2, -0.15) is 4.31 Å². The van der Waals surface area contributed by atoms with Gasteiger partial charge in [0.2, 0.25) is 10.0 Å². The summed E-state index contributed by atoms with van der Waals surface area (Å²) in [4.78, 5) is 6.46. The van der Waals surface area contributed by atoms with Crippen molar-refractivity contribution in [1.29, 1.82) is 0 Å². The molecule has 11 heteroatoms. The third-order valence-electron chi connectivity index (χ3n) is 4.95. The lowest BCUT2D eigenvalue weighted by Gasteiger charge is -2.34. The van der Waals surface area contributed by atoms with Crippen LogP contribution in [0.3, 0.4) is 0 Å². The van der Waals surface area contributed by atoms with Crippen LogP contribution in [0, 0.1) is 20.8 Å². The van der Waals surface area contributed by atoms with Crippen molar-refractivity contribution in [3.8, 4) is 0 Å². The highest BCUT2D eigenvalue weighted by molar-refractivity contribution is 7.89. The molecule has 3 aromatic rings. The third kappa shape index (κ3) is 3.98. The molecule has 0 saturated carbocycles. The van der Waals surface area contributed by atoms with E-state index in [2.05, 4.69) is 25.7 Å². The maximum atomic E-state index is 12.9. The number of hydrogen-bond donors (Lipinski definition) is 1. The van der Waals surface area contributed by atoms with Gasteiger partial charge in [0.1, 0.15) is 16.4 Å². The molecule has 3 aromatic heterocycles. The Morgan fingerprint density at radius 2 is 1.70 bits per heavy atom. The Hall–Kier alpha value is -3.05. The van der Waals surface area contributed by atoms with E-state index in [4.69, 9.17) is 4.52 Å². The third-order valence-corrected chi connectivity index (χ3v) is 7.09. The van der Waals surface area contributed by atoms with Crippen molar-refractivity contribution < 1.29 is 12.9 Å². The first kappa shape index (κ1) is 20.2. The summed E-state index contributed by atoms with van der Waals surface area (Å²) in [5, 5.41) is 15.4. The van der Waals surface area contributed by atoms with E-state index in [0.29, 0.717) is 55.1 Å². The molecule has 1 aliphatic heterocycles. The van der Waals surface area contributed by atoms with Crippen molar-refractivity contribution in [2.75, 3.05) is 36.4 Å². The lowest BCUT2D eigenvalue weighted by molar-refractivity contribution is 0.377. The molecule has 10 nitrogen and oxygen atoms in total. The van der Waals surface area contributed by atoms with Crippen molar-refractivity contribution >= 4 is 27.5 Å². The number of anilines is 3. The number of rotatable bonds is 5. The number of pyridine rings is 1. The van der Waals surface area contributed by atoms with Crippen molar-refractivity contribution in [1.82, 2.24) is 24.6 Å². The molecule has 0 atom stereocenters. The summed E-state index contributed by atoms with van der Waals surface area (Å²) in [6.45, 7) is 6.96. The molecule has 1 N–H and O–H groups in total. The Bertz CT molecular complexity index is 1100. The number of nitrogens with zero attached hydrogens (tertiary/aromatic N) is 6. The molecule has 0 bridgehead atoms. The minimum atomic E-state index is -3.63. The SMILES string of the molecule is Cc1ccc(Nc2ccc(N3CCN(S(=O)(=O)c4c(C)noc4C)CC3)nn2)nc1. The second kappa shape index (κ2) is 8.00. The van der Waals surface area contributed by atoms with E-state index in [1.165, 1.54) is 4.31 Å². The average Bonchev–Trinajstić information content (AvgIpc) is 3.09. The van der Waals surface area contributed by atoms with Crippen LogP contribution in [-0.2, 0) is 10.0 Å². The van der Waals surface area contributed by atoms with Gasteiger partial charge in [0.05, 0.1) is 0 Å². The van der Waals surface area contributed by atoms with E-state index in [-0.39, 0.29) is 4.90 Å². The smallest absolute Gasteiger partial charge is 0.248 e. The quantitative estimate of drug-likeness (QED) is 0.650. The van der Waals surface area contributed by atoms with Crippen LogP contribution in [0.15, 0.2) is 39.9 Å². The van der Waals surface area contributed by atoms with Gasteiger partial charge in [0.25, 0.3) is 0 Å². The van der Waals surface area contributed by atoms with E-state index >= 15 is 0 Å². The van der Waals surface area contributed by atoms with Crippen LogP contribution in [0.1, 0.15) is 17.0 Å². The fourth-order valence-corrected chi connectivity index (χ4v) is 5.08. The van der Waals surface area contributed by atoms with Crippen molar-refractivity contribution in [3.05, 3.63) is 47.5 Å². The summed E-state index contributed by atoms with van der Waals surface area (Å²) in [6, 6.07) is 7.54. The minimum absolute atomic E-state index is 0.163. The number of hydrogen-bond acceptors (Lipinski definition) is 9. The second-order valence-electron chi connectivity index (χ2n) is 7.17. The van der Waals surface area contributed by atoms with E-state index in [9.17, 15) is 8.42 Å². The number of aryl methyl sites for hydroxylation is 3. The van der Waals surface area contributed by atoms with Gasteiger partial charge >= 0.3 is 0 Å². The predicted octanol–water partition coefficient (Wildman–Crippen LogP) is 2.04. The lowest BCUT2D eigenvalue weighted by Crippen LogP contribution is -2.49. The van der Waals surface area contributed by atoms with E-state index in [0.717, 1.165) is 5.56 Å². The molecule has 1 saturated heterocycles. The van der Waals surface area contributed by atoms with Crippen LogP contribution >= 0.6 is 0 Å². The van der Waals surface area contributed by atoms with Crippen LogP contribution in [0.25, 0.3) is 0 Å². The monoisotopic (exact) mass is 429 g/mol. The molecule has 0 aromatic carbocycles. The molecule has 0 aliphatic carbocycles. The van der Waals surface area contributed by atoms with Gasteiger partial charge in [0.15, 0.2) is 17.4 Å². The van der Waals surface area contributed by atoms with Crippen LogP contribution in [0.5, 0.6) is 0 Å². The zero-order chi connectivity index (χ0) is 21.3. The molecule has 0 spiro atoms. The molecule has 1 aliphatic rings. The fraction of sp³-hybridized carbons (Fsp3) is 0.368. The molecule has 4 rings (SSSR count). The Kier molecular flexibility index (Phi) is 5.39. The van der Waals surface area contributed by atoms with Crippen LogP contribution in [0.2, 0.25) is 0 Å². The number of sulfonamides is 1. The molecule has 30 heavy (non-hydrogen) atoms. The molecule has 4 heterocycles. The summed E-state index contributed by atoms with van der Waals surface area (Å²) >= 11 is 0. The summed E-state index contributed by atoms with van der Waals surface area (Å²) in [5.74, 6) is 2.30. The highest BCUT2D eigenvalue weighted by Gasteiger charge is 2.33. The van der Waals surface area contributed by atoms with Gasteiger partial charge in [-0.3, -0.25) is 0 Å². The molecular weight excluding hydrogens is 406 g/mol. The fourth-order valence-electron chi connectivity index (χ4n) is 3.36. The van der Waals surface area contributed by atoms with Crippen LogP contribution < -0.4 is 10.2 Å². The van der Waals surface area contributed by atoms with Crippen molar-refractivity contribution in [2.45, 2.75) is 25.7 Å². The molecule has 0 unspecified atom stereocenters. The maximum absolute atomic E-state index is 12.9. The van der Waals surface area contributed by atoms with Crippen LogP contribution in [0.4, 0.5) is 17.5 Å². The van der Waals surface area contributed by atoms with E-state index < -0.39 is 10.0 Å². The largest absolute Gasteiger partial charge is 0.360 e. The number of piperazine rings is 1. The zero-order valence-electron chi connectivity index (χ0n) is 17.0. The zero-order valence-corrected chi connectivity index (χ0v) is 17.8. The van der Waals surface area contributed by atoms with Gasteiger partial charge in [-0.1, -0.05) is 11.2 Å². The molecule has 158 valence electrons. The van der Waals surface area contributed by atoms with Gasteiger partial charge in [0, 0.05) is 32.4 Å². The summed E-state index contributed by atoms with van der Waals surface area (Å²) < 4.78 is 32.4. The Morgan fingerprint density at radius 1 is 0.967 bits per heavy atom. The van der Waals surface area contributed by atoms with Crippen molar-refractivity contribution in [3.63, 3.8) is 0 Å². The summed E-state index contributed by atoms with van der Waals surface area (Å²) in [5.41, 5.74) is 1.46. The number of aromatic nitrogens is 4. The highest BCUT2D eigenvalue weighted by Crippen LogP contribution is 2.25. The molecule has 0 radical (unpaired) electrons. The standard InChI is InChI=1S/C19H23N7O3S/c1-13-4-5-16(20-12-13)21-17-6-7-18(23-22-17)25-8-10-26(11-9-25)30(27,28)19-14(2)24-29-15(19)3/h4-7,12H,8-11H2,1-3H3,(H,20,21,22). The molecule has 1 fully saturated rings. The highest BCUT2D eigenvalue weighted by atomic mass is 32.2. The topological polar surface area (TPSA) is 117 Å². The predicted molar refractivity (Wildman–Crippen MR) is 111 cm³/mol. The minimum Gasteiger partial charge on any atom is -0.360 e. The average molecular weight is 430 g/mol. The normalized spacial score (nSPS) is 15.4. The van der Waals surface area contributed by atoms with E-state index in [1.54, 1.807) is 20.0 Å². The van der Waals surface area contributed by atoms with Gasteiger partial charge in [-0.25, -0.2) is 13.4 Å². The first-order chi connectivity index (χ1) is 14.3. The maximum Gasteiger partial charge on any atom is 0.248 e. The lowest BCUT2D eigenvalue weighted by atomic mass is 10.3. The van der Waals surface area contributed by atoms with Gasteiger partial charge in [-0.15, -0.1) is 10.2 Å². The molecule has 0 amide bonds. The van der Waals surface area contributed by atoms with E-state index in [1.807, 2.05) is 36.1 Å². The first-order valence-corrected chi connectivity index (χ1v) is 11.0. The Labute approximate surface area is 175 Å². The summed E-state index contributed by atoms with van der Waals surface area (Å²) in [7, 11) is -3.63. The van der Waals surface area contributed by atoms with Crippen LogP contribution in [-0.4, -0.2) is 59.2 Å². The van der Waals surface area contributed by atoms with Gasteiger partial charge < -0.3 is 14.7 Å². The Morgan fingerprint density at radius 3 is 2.27 bits per heavy atom.